The van der Waals surface area contributed by atoms with E-state index in [0.29, 0.717) is 48.8 Å². The van der Waals surface area contributed by atoms with Crippen molar-refractivity contribution >= 4 is 5.97 Å². The lowest BCUT2D eigenvalue weighted by Gasteiger charge is -2.15. The number of carboxylic acids is 1. The second kappa shape index (κ2) is 4.17. The molecular weight excluding hydrogens is 262 g/mol. The minimum Gasteiger partial charge on any atom is -0.477 e. The number of hydrogen-bond donors (Lipinski definition) is 1. The molecule has 4 rings (SSSR count). The fourth-order valence-electron chi connectivity index (χ4n) is 2.47. The first-order valence-electron chi connectivity index (χ1n) is 6.60. The van der Waals surface area contributed by atoms with Gasteiger partial charge in [0.15, 0.2) is 17.3 Å². The fourth-order valence-corrected chi connectivity index (χ4v) is 2.47. The maximum Gasteiger partial charge on any atom is 0.354 e. The Kier molecular flexibility index (Phi) is 2.43. The number of ether oxygens (including phenoxy) is 1. The van der Waals surface area contributed by atoms with E-state index in [2.05, 4.69) is 9.97 Å². The molecule has 0 amide bonds. The van der Waals surface area contributed by atoms with E-state index >= 15 is 0 Å². The molecule has 1 aliphatic heterocycles. The van der Waals surface area contributed by atoms with Crippen LogP contribution in [0.2, 0.25) is 0 Å². The predicted molar refractivity (Wildman–Crippen MR) is 66.3 cm³/mol. The van der Waals surface area contributed by atoms with E-state index in [4.69, 9.17) is 9.15 Å². The third-order valence-corrected chi connectivity index (χ3v) is 3.62. The summed E-state index contributed by atoms with van der Waals surface area (Å²) >= 11 is 0. The molecule has 1 aliphatic carbocycles. The van der Waals surface area contributed by atoms with Gasteiger partial charge in [-0.3, -0.25) is 0 Å². The number of hydrogen-bond acceptors (Lipinski definition) is 5. The molecular formula is C13H13N3O4. The van der Waals surface area contributed by atoms with Crippen LogP contribution in [0.1, 0.15) is 41.0 Å². The first-order valence-corrected chi connectivity index (χ1v) is 6.60. The average molecular weight is 275 g/mol. The van der Waals surface area contributed by atoms with Crippen LogP contribution in [0.15, 0.2) is 10.6 Å². The normalized spacial score (nSPS) is 18.0. The van der Waals surface area contributed by atoms with Crippen LogP contribution in [0.25, 0.3) is 11.5 Å². The highest BCUT2D eigenvalue weighted by atomic mass is 16.5. The van der Waals surface area contributed by atoms with Gasteiger partial charge < -0.3 is 18.8 Å². The predicted octanol–water partition coefficient (Wildman–Crippen LogP) is 1.64. The third kappa shape index (κ3) is 1.74. The second-order valence-corrected chi connectivity index (χ2v) is 5.07. The smallest absolute Gasteiger partial charge is 0.354 e. The molecule has 0 bridgehead atoms. The Morgan fingerprint density at radius 2 is 2.30 bits per heavy atom. The van der Waals surface area contributed by atoms with Gasteiger partial charge in [-0.15, -0.1) is 0 Å². The van der Waals surface area contributed by atoms with Gasteiger partial charge in [0.25, 0.3) is 0 Å². The highest BCUT2D eigenvalue weighted by Crippen LogP contribution is 2.40. The first-order chi connectivity index (χ1) is 9.74. The lowest BCUT2D eigenvalue weighted by Crippen LogP contribution is -2.20. The van der Waals surface area contributed by atoms with E-state index < -0.39 is 5.97 Å². The SMILES string of the molecule is O=C(O)c1c(-c2cnc(C3CC3)o2)nc2n1CCOC2. The monoisotopic (exact) mass is 275 g/mol. The molecule has 2 aliphatic rings. The fraction of sp³-hybridized carbons (Fsp3) is 0.462. The van der Waals surface area contributed by atoms with Gasteiger partial charge in [0.1, 0.15) is 18.1 Å². The molecule has 3 heterocycles. The molecule has 0 saturated heterocycles. The van der Waals surface area contributed by atoms with Crippen LogP contribution in [0.4, 0.5) is 0 Å². The molecule has 2 aromatic heterocycles. The summed E-state index contributed by atoms with van der Waals surface area (Å²) in [6.45, 7) is 1.31. The number of oxazole rings is 1. The number of aromatic nitrogens is 3. The third-order valence-electron chi connectivity index (χ3n) is 3.62. The standard InChI is InChI=1S/C13H13N3O4/c17-13(18)11-10(15-9-6-19-4-3-16(9)11)8-5-14-12(20-8)7-1-2-7/h5,7H,1-4,6H2,(H,17,18). The van der Waals surface area contributed by atoms with E-state index in [9.17, 15) is 9.90 Å². The van der Waals surface area contributed by atoms with Crippen LogP contribution in [0.5, 0.6) is 0 Å². The number of imidazole rings is 1. The van der Waals surface area contributed by atoms with Crippen molar-refractivity contribution in [2.45, 2.75) is 31.9 Å². The summed E-state index contributed by atoms with van der Waals surface area (Å²) in [7, 11) is 0. The number of nitrogens with zero attached hydrogens (tertiary/aromatic N) is 3. The van der Waals surface area contributed by atoms with E-state index in [1.165, 1.54) is 0 Å². The topological polar surface area (TPSA) is 90.4 Å². The van der Waals surface area contributed by atoms with Crippen LogP contribution in [0.3, 0.4) is 0 Å². The summed E-state index contributed by atoms with van der Waals surface area (Å²) in [5, 5.41) is 9.44. The van der Waals surface area contributed by atoms with Crippen molar-refractivity contribution in [3.8, 4) is 11.5 Å². The van der Waals surface area contributed by atoms with Gasteiger partial charge in [0.2, 0.25) is 0 Å². The molecule has 0 radical (unpaired) electrons. The average Bonchev–Trinajstić information content (AvgIpc) is 3.04. The maximum absolute atomic E-state index is 11.5. The molecule has 0 atom stereocenters. The minimum absolute atomic E-state index is 0.154. The van der Waals surface area contributed by atoms with Crippen molar-refractivity contribution in [1.82, 2.24) is 14.5 Å². The van der Waals surface area contributed by atoms with Crippen LogP contribution in [-0.4, -0.2) is 32.2 Å². The first kappa shape index (κ1) is 11.7. The van der Waals surface area contributed by atoms with Crippen molar-refractivity contribution in [3.63, 3.8) is 0 Å². The van der Waals surface area contributed by atoms with Gasteiger partial charge in [0, 0.05) is 12.5 Å². The van der Waals surface area contributed by atoms with Gasteiger partial charge >= 0.3 is 5.97 Å². The Morgan fingerprint density at radius 1 is 1.45 bits per heavy atom. The van der Waals surface area contributed by atoms with Crippen molar-refractivity contribution in [2.24, 2.45) is 0 Å². The van der Waals surface area contributed by atoms with Crippen molar-refractivity contribution in [2.75, 3.05) is 6.61 Å². The van der Waals surface area contributed by atoms with Crippen molar-refractivity contribution in [1.29, 1.82) is 0 Å². The van der Waals surface area contributed by atoms with Crippen LogP contribution in [0, 0.1) is 0 Å². The Hall–Kier alpha value is -2.15. The zero-order chi connectivity index (χ0) is 13.7. The highest BCUT2D eigenvalue weighted by molar-refractivity contribution is 5.92. The number of fused-ring (bicyclic) bond motifs is 1. The molecule has 7 heteroatoms. The Morgan fingerprint density at radius 3 is 3.05 bits per heavy atom. The number of rotatable bonds is 3. The molecule has 0 aromatic carbocycles. The zero-order valence-electron chi connectivity index (χ0n) is 10.7. The molecule has 1 fully saturated rings. The summed E-state index contributed by atoms with van der Waals surface area (Å²) in [4.78, 5) is 20.1. The summed E-state index contributed by atoms with van der Waals surface area (Å²) < 4.78 is 12.7. The molecule has 104 valence electrons. The van der Waals surface area contributed by atoms with Gasteiger partial charge in [-0.25, -0.2) is 14.8 Å². The second-order valence-electron chi connectivity index (χ2n) is 5.07. The maximum atomic E-state index is 11.5. The van der Waals surface area contributed by atoms with Gasteiger partial charge in [-0.2, -0.15) is 0 Å². The molecule has 0 unspecified atom stereocenters. The summed E-state index contributed by atoms with van der Waals surface area (Å²) in [6.07, 6.45) is 3.73. The summed E-state index contributed by atoms with van der Waals surface area (Å²) in [5.41, 5.74) is 0.499. The molecule has 2 aromatic rings. The Bertz CT molecular complexity index is 684. The number of carbonyl (C=O) groups is 1. The summed E-state index contributed by atoms with van der Waals surface area (Å²) in [5.74, 6) is 1.10. The number of carboxylic acid groups (broad SMARTS) is 1. The lowest BCUT2D eigenvalue weighted by molar-refractivity contribution is 0.0642. The van der Waals surface area contributed by atoms with Gasteiger partial charge in [0.05, 0.1) is 12.8 Å². The van der Waals surface area contributed by atoms with E-state index in [-0.39, 0.29) is 5.69 Å². The van der Waals surface area contributed by atoms with Gasteiger partial charge in [-0.1, -0.05) is 0 Å². The van der Waals surface area contributed by atoms with Crippen LogP contribution < -0.4 is 0 Å². The van der Waals surface area contributed by atoms with E-state index in [1.807, 2.05) is 0 Å². The Balaban J connectivity index is 1.82. The largest absolute Gasteiger partial charge is 0.477 e. The summed E-state index contributed by atoms with van der Waals surface area (Å²) in [6, 6.07) is 0. The van der Waals surface area contributed by atoms with Crippen molar-refractivity contribution < 1.29 is 19.1 Å². The van der Waals surface area contributed by atoms with E-state index in [0.717, 1.165) is 12.8 Å². The molecule has 0 spiro atoms. The van der Waals surface area contributed by atoms with E-state index in [1.54, 1.807) is 10.8 Å². The lowest BCUT2D eigenvalue weighted by atomic mass is 10.2. The Labute approximate surface area is 114 Å². The van der Waals surface area contributed by atoms with Crippen molar-refractivity contribution in [3.05, 3.63) is 23.6 Å². The quantitative estimate of drug-likeness (QED) is 0.915. The van der Waals surface area contributed by atoms with Gasteiger partial charge in [-0.05, 0) is 12.8 Å². The number of aromatic carboxylic acids is 1. The van der Waals surface area contributed by atoms with Crippen LogP contribution in [-0.2, 0) is 17.9 Å². The molecule has 7 nitrogen and oxygen atoms in total. The zero-order valence-corrected chi connectivity index (χ0v) is 10.7. The molecule has 1 N–H and O–H groups in total. The minimum atomic E-state index is -1.01. The van der Waals surface area contributed by atoms with Crippen LogP contribution >= 0.6 is 0 Å². The highest BCUT2D eigenvalue weighted by Gasteiger charge is 2.31. The molecule has 1 saturated carbocycles. The molecule has 20 heavy (non-hydrogen) atoms.